The van der Waals surface area contributed by atoms with Crippen LogP contribution in [0.4, 0.5) is 11.8 Å². The van der Waals surface area contributed by atoms with Crippen LogP contribution in [0.5, 0.6) is 0 Å². The van der Waals surface area contributed by atoms with Gasteiger partial charge in [-0.25, -0.2) is 0 Å². The van der Waals surface area contributed by atoms with E-state index >= 15 is 0 Å². The number of fused-ring (bicyclic) bond motifs is 1. The van der Waals surface area contributed by atoms with Crippen molar-refractivity contribution in [2.24, 2.45) is 7.05 Å². The average molecular weight is 272 g/mol. The van der Waals surface area contributed by atoms with Gasteiger partial charge in [0.2, 0.25) is 5.95 Å². The number of hydrogen-bond donors (Lipinski definition) is 2. The predicted octanol–water partition coefficient (Wildman–Crippen LogP) is 0.613. The first-order valence-electron chi connectivity index (χ1n) is 6.21. The smallest absolute Gasteiger partial charge is 0.229 e. The standard InChI is InChI=1S/C12H16N8/c1-7-8(4-14-18-7)6-19(2)12-16-10(13)9-5-15-20(3)11(9)17-12/h4-5H,6H2,1-3H3,(H,14,18)(H2,13,16,17). The Hall–Kier alpha value is -2.64. The molecule has 0 aliphatic rings. The average Bonchev–Trinajstić information content (AvgIpc) is 2.98. The van der Waals surface area contributed by atoms with Gasteiger partial charge in [0, 0.05) is 31.9 Å². The van der Waals surface area contributed by atoms with Crippen LogP contribution in [0.2, 0.25) is 0 Å². The first kappa shape index (κ1) is 12.4. The molecule has 8 nitrogen and oxygen atoms in total. The third-order valence-corrected chi connectivity index (χ3v) is 3.29. The van der Waals surface area contributed by atoms with Crippen molar-refractivity contribution in [3.05, 3.63) is 23.7 Å². The summed E-state index contributed by atoms with van der Waals surface area (Å²) in [7, 11) is 3.75. The molecular weight excluding hydrogens is 256 g/mol. The molecule has 8 heteroatoms. The molecule has 0 bridgehead atoms. The quantitative estimate of drug-likeness (QED) is 0.724. The fourth-order valence-electron chi connectivity index (χ4n) is 2.06. The van der Waals surface area contributed by atoms with Crippen molar-refractivity contribution < 1.29 is 0 Å². The van der Waals surface area contributed by atoms with E-state index in [-0.39, 0.29) is 0 Å². The highest BCUT2D eigenvalue weighted by Gasteiger charge is 2.13. The maximum Gasteiger partial charge on any atom is 0.229 e. The molecule has 0 spiro atoms. The fourth-order valence-corrected chi connectivity index (χ4v) is 2.06. The van der Waals surface area contributed by atoms with Gasteiger partial charge in [0.1, 0.15) is 5.82 Å². The molecular formula is C12H16N8. The normalized spacial score (nSPS) is 11.2. The molecule has 3 aromatic rings. The summed E-state index contributed by atoms with van der Waals surface area (Å²) in [6, 6.07) is 0. The van der Waals surface area contributed by atoms with E-state index in [1.54, 1.807) is 17.1 Å². The monoisotopic (exact) mass is 272 g/mol. The van der Waals surface area contributed by atoms with Gasteiger partial charge in [-0.1, -0.05) is 0 Å². The lowest BCUT2D eigenvalue weighted by molar-refractivity contribution is 0.780. The van der Waals surface area contributed by atoms with E-state index in [0.29, 0.717) is 18.3 Å². The number of aromatic amines is 1. The molecule has 20 heavy (non-hydrogen) atoms. The minimum atomic E-state index is 0.439. The van der Waals surface area contributed by atoms with Crippen LogP contribution < -0.4 is 10.6 Å². The largest absolute Gasteiger partial charge is 0.383 e. The maximum absolute atomic E-state index is 5.96. The number of rotatable bonds is 3. The summed E-state index contributed by atoms with van der Waals surface area (Å²) in [6.45, 7) is 2.64. The minimum Gasteiger partial charge on any atom is -0.383 e. The molecule has 0 fully saturated rings. The molecule has 0 radical (unpaired) electrons. The Bertz CT molecular complexity index is 756. The highest BCUT2D eigenvalue weighted by molar-refractivity contribution is 5.86. The second-order valence-electron chi connectivity index (χ2n) is 4.79. The van der Waals surface area contributed by atoms with Gasteiger partial charge in [0.15, 0.2) is 5.65 Å². The Kier molecular flexibility index (Phi) is 2.78. The number of nitrogens with zero attached hydrogens (tertiary/aromatic N) is 6. The Morgan fingerprint density at radius 2 is 2.15 bits per heavy atom. The lowest BCUT2D eigenvalue weighted by Crippen LogP contribution is -2.20. The lowest BCUT2D eigenvalue weighted by Gasteiger charge is -2.17. The van der Waals surface area contributed by atoms with E-state index < -0.39 is 0 Å². The second-order valence-corrected chi connectivity index (χ2v) is 4.79. The maximum atomic E-state index is 5.96. The zero-order valence-corrected chi connectivity index (χ0v) is 11.6. The molecule has 0 saturated carbocycles. The summed E-state index contributed by atoms with van der Waals surface area (Å²) in [5.74, 6) is 1.01. The van der Waals surface area contributed by atoms with Crippen molar-refractivity contribution in [3.63, 3.8) is 0 Å². The zero-order valence-electron chi connectivity index (χ0n) is 11.6. The van der Waals surface area contributed by atoms with E-state index in [2.05, 4.69) is 25.3 Å². The van der Waals surface area contributed by atoms with Gasteiger partial charge in [0.25, 0.3) is 0 Å². The van der Waals surface area contributed by atoms with E-state index in [1.165, 1.54) is 0 Å². The number of anilines is 2. The van der Waals surface area contributed by atoms with Crippen molar-refractivity contribution in [1.29, 1.82) is 0 Å². The molecule has 3 N–H and O–H groups in total. The Morgan fingerprint density at radius 1 is 1.35 bits per heavy atom. The van der Waals surface area contributed by atoms with Crippen LogP contribution in [-0.2, 0) is 13.6 Å². The van der Waals surface area contributed by atoms with Crippen LogP contribution in [0.15, 0.2) is 12.4 Å². The number of nitrogens with two attached hydrogens (primary N) is 1. The highest BCUT2D eigenvalue weighted by Crippen LogP contribution is 2.21. The third kappa shape index (κ3) is 1.94. The SMILES string of the molecule is Cc1[nH]ncc1CN(C)c1nc(N)c2cnn(C)c2n1. The van der Waals surface area contributed by atoms with Crippen LogP contribution in [0.3, 0.4) is 0 Å². The van der Waals surface area contributed by atoms with Crippen LogP contribution in [-0.4, -0.2) is 37.0 Å². The van der Waals surface area contributed by atoms with Gasteiger partial charge < -0.3 is 10.6 Å². The van der Waals surface area contributed by atoms with Crippen molar-refractivity contribution in [2.45, 2.75) is 13.5 Å². The molecule has 104 valence electrons. The first-order chi connectivity index (χ1) is 9.56. The Balaban J connectivity index is 1.97. The molecule has 0 unspecified atom stereocenters. The molecule has 0 aliphatic heterocycles. The van der Waals surface area contributed by atoms with Gasteiger partial charge in [-0.3, -0.25) is 9.78 Å². The minimum absolute atomic E-state index is 0.439. The molecule has 3 aromatic heterocycles. The van der Waals surface area contributed by atoms with Gasteiger partial charge in [-0.05, 0) is 6.92 Å². The number of H-pyrrole nitrogens is 1. The first-order valence-corrected chi connectivity index (χ1v) is 6.21. The summed E-state index contributed by atoms with van der Waals surface area (Å²) in [4.78, 5) is 10.8. The highest BCUT2D eigenvalue weighted by atomic mass is 15.3. The zero-order chi connectivity index (χ0) is 14.3. The van der Waals surface area contributed by atoms with E-state index in [4.69, 9.17) is 5.73 Å². The third-order valence-electron chi connectivity index (χ3n) is 3.29. The molecule has 0 aliphatic carbocycles. The van der Waals surface area contributed by atoms with Crippen LogP contribution in [0, 0.1) is 6.92 Å². The van der Waals surface area contributed by atoms with Crippen LogP contribution in [0.1, 0.15) is 11.3 Å². The molecule has 3 heterocycles. The van der Waals surface area contributed by atoms with Gasteiger partial charge in [-0.2, -0.15) is 20.2 Å². The lowest BCUT2D eigenvalue weighted by atomic mass is 10.2. The topological polar surface area (TPSA) is 102 Å². The second kappa shape index (κ2) is 4.48. The molecule has 0 amide bonds. The van der Waals surface area contributed by atoms with Gasteiger partial charge in [-0.15, -0.1) is 0 Å². The number of hydrogen-bond acceptors (Lipinski definition) is 6. The number of aryl methyl sites for hydroxylation is 2. The van der Waals surface area contributed by atoms with Crippen LogP contribution in [0.25, 0.3) is 11.0 Å². The van der Waals surface area contributed by atoms with Gasteiger partial charge >= 0.3 is 0 Å². The van der Waals surface area contributed by atoms with Gasteiger partial charge in [0.05, 0.1) is 17.8 Å². The van der Waals surface area contributed by atoms with Crippen molar-refractivity contribution in [1.82, 2.24) is 29.9 Å². The summed E-state index contributed by atoms with van der Waals surface area (Å²) in [5.41, 5.74) is 8.82. The summed E-state index contributed by atoms with van der Waals surface area (Å²) >= 11 is 0. The number of nitrogens with one attached hydrogen (secondary N) is 1. The summed E-state index contributed by atoms with van der Waals surface area (Å²) in [6.07, 6.45) is 3.48. The molecule has 0 saturated heterocycles. The Morgan fingerprint density at radius 3 is 2.85 bits per heavy atom. The summed E-state index contributed by atoms with van der Waals surface area (Å²) in [5, 5.41) is 11.8. The van der Waals surface area contributed by atoms with Crippen LogP contribution >= 0.6 is 0 Å². The molecule has 0 aromatic carbocycles. The van der Waals surface area contributed by atoms with Crippen molar-refractivity contribution in [3.8, 4) is 0 Å². The molecule has 3 rings (SSSR count). The number of nitrogen functional groups attached to an aromatic ring is 1. The van der Waals surface area contributed by atoms with E-state index in [0.717, 1.165) is 22.3 Å². The molecule has 0 atom stereocenters. The van der Waals surface area contributed by atoms with E-state index in [9.17, 15) is 0 Å². The van der Waals surface area contributed by atoms with Crippen molar-refractivity contribution >= 4 is 22.8 Å². The van der Waals surface area contributed by atoms with Crippen molar-refractivity contribution in [2.75, 3.05) is 17.7 Å². The summed E-state index contributed by atoms with van der Waals surface area (Å²) < 4.78 is 1.69. The van der Waals surface area contributed by atoms with E-state index in [1.807, 2.05) is 25.9 Å². The Labute approximate surface area is 115 Å². The fraction of sp³-hybridized carbons (Fsp3) is 0.333. The predicted molar refractivity (Wildman–Crippen MR) is 76.1 cm³/mol. The number of aromatic nitrogens is 6.